The van der Waals surface area contributed by atoms with E-state index in [2.05, 4.69) is 62.3 Å². The second kappa shape index (κ2) is 11.0. The highest BCUT2D eigenvalue weighted by Crippen LogP contribution is 2.14. The fourth-order valence-electron chi connectivity index (χ4n) is 3.38. The van der Waals surface area contributed by atoms with Crippen LogP contribution in [-0.2, 0) is 17.9 Å². The standard InChI is InChI=1S/C22H31N5OS/c1-26(2)21(28)15-24-22(23-14-20-11-7-13-29-20)25-19-10-6-12-27(17-19)16-18-8-4-3-5-9-18/h3-5,7-9,11,13,19H,6,10,12,14-17H2,1-2H3,(H2,23,24,25). The van der Waals surface area contributed by atoms with Crippen LogP contribution < -0.4 is 10.6 Å². The third kappa shape index (κ3) is 7.18. The molecule has 1 aliphatic rings. The lowest BCUT2D eigenvalue weighted by molar-refractivity contribution is -0.127. The van der Waals surface area contributed by atoms with Gasteiger partial charge in [0.15, 0.2) is 5.96 Å². The van der Waals surface area contributed by atoms with Gasteiger partial charge in [-0.2, -0.15) is 0 Å². The molecule has 1 fully saturated rings. The smallest absolute Gasteiger partial charge is 0.243 e. The molecule has 0 aliphatic carbocycles. The van der Waals surface area contributed by atoms with Gasteiger partial charge in [0.25, 0.3) is 0 Å². The molecule has 0 spiro atoms. The maximum absolute atomic E-state index is 12.0. The Morgan fingerprint density at radius 3 is 2.79 bits per heavy atom. The number of aliphatic imine (C=N–C) groups is 1. The predicted octanol–water partition coefficient (Wildman–Crippen LogP) is 2.54. The molecule has 1 unspecified atom stereocenters. The van der Waals surface area contributed by atoms with Gasteiger partial charge in [-0.1, -0.05) is 36.4 Å². The number of likely N-dealkylation sites (N-methyl/N-ethyl adjacent to an activating group) is 1. The average molecular weight is 414 g/mol. The van der Waals surface area contributed by atoms with Crippen LogP contribution in [0.15, 0.2) is 52.8 Å². The number of benzene rings is 1. The second-order valence-corrected chi connectivity index (χ2v) is 8.62. The van der Waals surface area contributed by atoms with Crippen LogP contribution in [0.1, 0.15) is 23.3 Å². The minimum Gasteiger partial charge on any atom is -0.352 e. The first-order valence-electron chi connectivity index (χ1n) is 10.1. The quantitative estimate of drug-likeness (QED) is 0.541. The molecule has 3 rings (SSSR count). The molecule has 156 valence electrons. The van der Waals surface area contributed by atoms with Crippen molar-refractivity contribution in [2.75, 3.05) is 33.7 Å². The van der Waals surface area contributed by atoms with Gasteiger partial charge in [0.2, 0.25) is 5.91 Å². The van der Waals surface area contributed by atoms with E-state index in [0.717, 1.165) is 32.5 Å². The Morgan fingerprint density at radius 2 is 2.07 bits per heavy atom. The molecular weight excluding hydrogens is 382 g/mol. The van der Waals surface area contributed by atoms with Crippen molar-refractivity contribution >= 4 is 23.2 Å². The van der Waals surface area contributed by atoms with Gasteiger partial charge in [-0.05, 0) is 36.4 Å². The van der Waals surface area contributed by atoms with Crippen molar-refractivity contribution in [1.82, 2.24) is 20.4 Å². The van der Waals surface area contributed by atoms with E-state index in [1.807, 2.05) is 6.07 Å². The van der Waals surface area contributed by atoms with Crippen LogP contribution in [0.2, 0.25) is 0 Å². The third-order valence-electron chi connectivity index (χ3n) is 4.98. The van der Waals surface area contributed by atoms with Crippen LogP contribution in [0.3, 0.4) is 0 Å². The highest BCUT2D eigenvalue weighted by molar-refractivity contribution is 7.09. The van der Waals surface area contributed by atoms with Crippen molar-refractivity contribution in [2.24, 2.45) is 4.99 Å². The van der Waals surface area contributed by atoms with Gasteiger partial charge in [-0.25, -0.2) is 4.99 Å². The summed E-state index contributed by atoms with van der Waals surface area (Å²) in [4.78, 5) is 21.8. The van der Waals surface area contributed by atoms with Crippen LogP contribution in [0.25, 0.3) is 0 Å². The van der Waals surface area contributed by atoms with Crippen molar-refractivity contribution in [2.45, 2.75) is 32.0 Å². The Kier molecular flexibility index (Phi) is 8.07. The highest BCUT2D eigenvalue weighted by atomic mass is 32.1. The number of rotatable bonds is 7. The lowest BCUT2D eigenvalue weighted by atomic mass is 10.0. The van der Waals surface area contributed by atoms with Crippen molar-refractivity contribution in [3.8, 4) is 0 Å². The van der Waals surface area contributed by atoms with E-state index < -0.39 is 0 Å². The van der Waals surface area contributed by atoms with E-state index in [0.29, 0.717) is 18.5 Å². The Morgan fingerprint density at radius 1 is 1.24 bits per heavy atom. The lowest BCUT2D eigenvalue weighted by Gasteiger charge is -2.34. The Hall–Kier alpha value is -2.38. The first kappa shape index (κ1) is 21.3. The fraction of sp³-hybridized carbons (Fsp3) is 0.455. The highest BCUT2D eigenvalue weighted by Gasteiger charge is 2.21. The number of nitrogens with zero attached hydrogens (tertiary/aromatic N) is 3. The second-order valence-electron chi connectivity index (χ2n) is 7.59. The molecule has 29 heavy (non-hydrogen) atoms. The minimum absolute atomic E-state index is 0.00317. The topological polar surface area (TPSA) is 60.0 Å². The van der Waals surface area contributed by atoms with Gasteiger partial charge in [-0.15, -0.1) is 11.3 Å². The lowest BCUT2D eigenvalue weighted by Crippen LogP contribution is -2.51. The van der Waals surface area contributed by atoms with E-state index in [1.165, 1.54) is 10.4 Å². The summed E-state index contributed by atoms with van der Waals surface area (Å²) >= 11 is 1.71. The fourth-order valence-corrected chi connectivity index (χ4v) is 4.02. The molecule has 1 amide bonds. The van der Waals surface area contributed by atoms with E-state index in [-0.39, 0.29) is 12.5 Å². The largest absolute Gasteiger partial charge is 0.352 e. The Balaban J connectivity index is 1.58. The molecule has 2 aromatic rings. The van der Waals surface area contributed by atoms with Crippen LogP contribution >= 0.6 is 11.3 Å². The number of guanidine groups is 1. The summed E-state index contributed by atoms with van der Waals surface area (Å²) in [6, 6.07) is 15.1. The molecular formula is C22H31N5OS. The average Bonchev–Trinajstić information content (AvgIpc) is 3.24. The number of amides is 1. The number of hydrogen-bond donors (Lipinski definition) is 2. The molecule has 2 N–H and O–H groups in total. The van der Waals surface area contributed by atoms with Crippen molar-refractivity contribution in [1.29, 1.82) is 0 Å². The molecule has 0 bridgehead atoms. The molecule has 6 nitrogen and oxygen atoms in total. The van der Waals surface area contributed by atoms with E-state index in [4.69, 9.17) is 0 Å². The molecule has 7 heteroatoms. The molecule has 1 aromatic heterocycles. The Labute approximate surface area is 177 Å². The van der Waals surface area contributed by atoms with Gasteiger partial charge in [-0.3, -0.25) is 9.69 Å². The molecule has 0 saturated carbocycles. The zero-order chi connectivity index (χ0) is 20.5. The summed E-state index contributed by atoms with van der Waals surface area (Å²) in [6.07, 6.45) is 2.26. The van der Waals surface area contributed by atoms with Crippen molar-refractivity contribution in [3.05, 3.63) is 58.3 Å². The predicted molar refractivity (Wildman–Crippen MR) is 120 cm³/mol. The van der Waals surface area contributed by atoms with Crippen molar-refractivity contribution in [3.63, 3.8) is 0 Å². The first-order valence-corrected chi connectivity index (χ1v) is 11.0. The van der Waals surface area contributed by atoms with Gasteiger partial charge in [0, 0.05) is 38.1 Å². The first-order chi connectivity index (χ1) is 14.1. The van der Waals surface area contributed by atoms with Crippen LogP contribution in [-0.4, -0.2) is 61.4 Å². The van der Waals surface area contributed by atoms with Gasteiger partial charge in [0.1, 0.15) is 6.54 Å². The molecule has 2 heterocycles. The molecule has 1 saturated heterocycles. The zero-order valence-electron chi connectivity index (χ0n) is 17.3. The SMILES string of the molecule is CN(C)C(=O)CN=C(NCc1cccs1)NC1CCCN(Cc2ccccc2)C1. The summed E-state index contributed by atoms with van der Waals surface area (Å²) in [5.41, 5.74) is 1.34. The summed E-state index contributed by atoms with van der Waals surface area (Å²) in [7, 11) is 3.51. The number of piperidine rings is 1. The van der Waals surface area contributed by atoms with Gasteiger partial charge >= 0.3 is 0 Å². The van der Waals surface area contributed by atoms with Gasteiger partial charge < -0.3 is 15.5 Å². The molecule has 1 atom stereocenters. The third-order valence-corrected chi connectivity index (χ3v) is 5.85. The number of hydrogen-bond acceptors (Lipinski definition) is 4. The van der Waals surface area contributed by atoms with Crippen LogP contribution in [0, 0.1) is 0 Å². The van der Waals surface area contributed by atoms with E-state index in [9.17, 15) is 4.79 Å². The van der Waals surface area contributed by atoms with Crippen molar-refractivity contribution < 1.29 is 4.79 Å². The summed E-state index contributed by atoms with van der Waals surface area (Å²) in [6.45, 7) is 3.90. The normalized spacial score (nSPS) is 17.7. The zero-order valence-corrected chi connectivity index (χ0v) is 18.1. The number of likely N-dealkylation sites (tertiary alicyclic amines) is 1. The maximum atomic E-state index is 12.0. The number of carbonyl (C=O) groups excluding carboxylic acids is 1. The maximum Gasteiger partial charge on any atom is 0.243 e. The van der Waals surface area contributed by atoms with Crippen LogP contribution in [0.5, 0.6) is 0 Å². The molecule has 1 aromatic carbocycles. The number of nitrogens with one attached hydrogen (secondary N) is 2. The summed E-state index contributed by atoms with van der Waals surface area (Å²) < 4.78 is 0. The van der Waals surface area contributed by atoms with Gasteiger partial charge in [0.05, 0.1) is 6.54 Å². The number of carbonyl (C=O) groups is 1. The summed E-state index contributed by atoms with van der Waals surface area (Å²) in [5.74, 6) is 0.705. The van der Waals surface area contributed by atoms with E-state index in [1.54, 1.807) is 30.3 Å². The molecule has 1 aliphatic heterocycles. The van der Waals surface area contributed by atoms with Crippen LogP contribution in [0.4, 0.5) is 0 Å². The Bertz CT molecular complexity index is 776. The number of thiophene rings is 1. The molecule has 0 radical (unpaired) electrons. The summed E-state index contributed by atoms with van der Waals surface area (Å²) in [5, 5.41) is 9.02. The van der Waals surface area contributed by atoms with E-state index >= 15 is 0 Å². The monoisotopic (exact) mass is 413 g/mol. The minimum atomic E-state index is -0.00317.